The predicted octanol–water partition coefficient (Wildman–Crippen LogP) is 1.30. The minimum Gasteiger partial charge on any atom is -0.350 e. The third-order valence-corrected chi connectivity index (χ3v) is 4.48. The number of hydrogen-bond acceptors (Lipinski definition) is 4. The van der Waals surface area contributed by atoms with Crippen molar-refractivity contribution in [3.63, 3.8) is 0 Å². The summed E-state index contributed by atoms with van der Waals surface area (Å²) in [4.78, 5) is 15.3. The molecule has 1 saturated heterocycles. The van der Waals surface area contributed by atoms with E-state index in [0.717, 1.165) is 25.6 Å². The van der Waals surface area contributed by atoms with Gasteiger partial charge in [0.1, 0.15) is 0 Å². The van der Waals surface area contributed by atoms with Crippen LogP contribution in [0.4, 0.5) is 0 Å². The number of piperidine rings is 1. The maximum atomic E-state index is 11.9. The highest BCUT2D eigenvalue weighted by molar-refractivity contribution is 7.09. The molecule has 2 heterocycles. The maximum Gasteiger partial charge on any atom is 0.234 e. The summed E-state index contributed by atoms with van der Waals surface area (Å²) in [6.45, 7) is 4.38. The molecule has 1 aliphatic rings. The Balaban J connectivity index is 1.63. The molecule has 106 valence electrons. The maximum absolute atomic E-state index is 11.9. The van der Waals surface area contributed by atoms with E-state index < -0.39 is 0 Å². The van der Waals surface area contributed by atoms with Gasteiger partial charge >= 0.3 is 0 Å². The van der Waals surface area contributed by atoms with Crippen molar-refractivity contribution in [2.45, 2.75) is 19.4 Å². The minimum absolute atomic E-state index is 0.139. The summed E-state index contributed by atoms with van der Waals surface area (Å²) in [6.07, 6.45) is 2.39. The highest BCUT2D eigenvalue weighted by Crippen LogP contribution is 2.15. The average molecular weight is 281 g/mol. The number of nitrogens with zero attached hydrogens (tertiary/aromatic N) is 1. The van der Waals surface area contributed by atoms with E-state index >= 15 is 0 Å². The van der Waals surface area contributed by atoms with Gasteiger partial charge in [0.2, 0.25) is 5.91 Å². The van der Waals surface area contributed by atoms with Gasteiger partial charge in [-0.15, -0.1) is 11.3 Å². The highest BCUT2D eigenvalue weighted by atomic mass is 32.1. The summed E-state index contributed by atoms with van der Waals surface area (Å²) in [7, 11) is 2.00. The Labute approximate surface area is 119 Å². The van der Waals surface area contributed by atoms with E-state index in [1.807, 2.05) is 24.6 Å². The summed E-state index contributed by atoms with van der Waals surface area (Å²) in [6, 6.07) is 4.06. The zero-order valence-corrected chi connectivity index (χ0v) is 12.3. The first-order chi connectivity index (χ1) is 9.28. The second-order valence-electron chi connectivity index (χ2n) is 5.13. The van der Waals surface area contributed by atoms with Crippen molar-refractivity contribution in [1.29, 1.82) is 0 Å². The molecule has 0 bridgehead atoms. The molecule has 4 nitrogen and oxygen atoms in total. The summed E-state index contributed by atoms with van der Waals surface area (Å²) in [5.41, 5.74) is 0. The van der Waals surface area contributed by atoms with Crippen molar-refractivity contribution in [2.24, 2.45) is 5.92 Å². The minimum atomic E-state index is 0.139. The van der Waals surface area contributed by atoms with Gasteiger partial charge in [0.05, 0.1) is 13.1 Å². The third-order valence-electron chi connectivity index (χ3n) is 3.61. The van der Waals surface area contributed by atoms with Gasteiger partial charge < -0.3 is 10.6 Å². The van der Waals surface area contributed by atoms with Crippen molar-refractivity contribution in [1.82, 2.24) is 15.5 Å². The molecule has 2 N–H and O–H groups in total. The van der Waals surface area contributed by atoms with Crippen LogP contribution in [0.2, 0.25) is 0 Å². The second-order valence-corrected chi connectivity index (χ2v) is 6.17. The molecule has 0 unspecified atom stereocenters. The molecule has 1 aliphatic heterocycles. The van der Waals surface area contributed by atoms with Crippen LogP contribution in [-0.2, 0) is 11.3 Å². The van der Waals surface area contributed by atoms with Crippen LogP contribution in [-0.4, -0.2) is 44.0 Å². The number of carbonyl (C=O) groups is 1. The van der Waals surface area contributed by atoms with Crippen LogP contribution < -0.4 is 10.6 Å². The molecular weight excluding hydrogens is 258 g/mol. The molecule has 5 heteroatoms. The van der Waals surface area contributed by atoms with E-state index in [1.165, 1.54) is 17.7 Å². The van der Waals surface area contributed by atoms with Crippen molar-refractivity contribution in [3.8, 4) is 0 Å². The number of hydrogen-bond donors (Lipinski definition) is 2. The van der Waals surface area contributed by atoms with Crippen molar-refractivity contribution in [3.05, 3.63) is 22.4 Å². The zero-order valence-electron chi connectivity index (χ0n) is 11.5. The molecule has 1 fully saturated rings. The van der Waals surface area contributed by atoms with Crippen molar-refractivity contribution < 1.29 is 4.79 Å². The smallest absolute Gasteiger partial charge is 0.234 e. The summed E-state index contributed by atoms with van der Waals surface area (Å²) in [5.74, 6) is 0.913. The number of carbonyl (C=O) groups excluding carboxylic acids is 1. The molecule has 0 radical (unpaired) electrons. The van der Waals surface area contributed by atoms with Gasteiger partial charge in [-0.25, -0.2) is 0 Å². The lowest BCUT2D eigenvalue weighted by atomic mass is 9.97. The molecule has 0 spiro atoms. The van der Waals surface area contributed by atoms with E-state index in [-0.39, 0.29) is 5.91 Å². The van der Waals surface area contributed by atoms with Gasteiger partial charge in [0.15, 0.2) is 0 Å². The Hall–Kier alpha value is -0.910. The van der Waals surface area contributed by atoms with E-state index in [0.29, 0.717) is 13.1 Å². The fourth-order valence-corrected chi connectivity index (χ4v) is 3.14. The van der Waals surface area contributed by atoms with Crippen LogP contribution in [0.15, 0.2) is 17.5 Å². The van der Waals surface area contributed by atoms with E-state index in [9.17, 15) is 4.79 Å². The van der Waals surface area contributed by atoms with E-state index in [4.69, 9.17) is 0 Å². The van der Waals surface area contributed by atoms with Crippen LogP contribution in [0.3, 0.4) is 0 Å². The van der Waals surface area contributed by atoms with Crippen LogP contribution in [0.1, 0.15) is 17.7 Å². The molecule has 1 aromatic rings. The summed E-state index contributed by atoms with van der Waals surface area (Å²) >= 11 is 1.68. The summed E-state index contributed by atoms with van der Waals surface area (Å²) < 4.78 is 0. The molecule has 0 aliphatic carbocycles. The average Bonchev–Trinajstić information content (AvgIpc) is 2.92. The topological polar surface area (TPSA) is 44.4 Å². The van der Waals surface area contributed by atoms with E-state index in [2.05, 4.69) is 15.5 Å². The fraction of sp³-hybridized carbons (Fsp3) is 0.643. The molecule has 1 amide bonds. The van der Waals surface area contributed by atoms with Gasteiger partial charge in [0, 0.05) is 4.88 Å². The van der Waals surface area contributed by atoms with Gasteiger partial charge in [-0.2, -0.15) is 0 Å². The zero-order chi connectivity index (χ0) is 13.5. The first-order valence-corrected chi connectivity index (χ1v) is 7.82. The standard InChI is InChI=1S/C14H23N3OS/c1-15-9-12-4-6-17(7-5-12)11-14(18)16-10-13-3-2-8-19-13/h2-3,8,12,15H,4-7,9-11H2,1H3,(H,16,18). The van der Waals surface area contributed by atoms with Crippen LogP contribution >= 0.6 is 11.3 Å². The lowest BCUT2D eigenvalue weighted by molar-refractivity contribution is -0.122. The Morgan fingerprint density at radius 3 is 2.89 bits per heavy atom. The fourth-order valence-electron chi connectivity index (χ4n) is 2.50. The van der Waals surface area contributed by atoms with Crippen LogP contribution in [0.5, 0.6) is 0 Å². The number of amides is 1. The normalized spacial score (nSPS) is 17.5. The first kappa shape index (κ1) is 14.5. The van der Waals surface area contributed by atoms with Gasteiger partial charge in [-0.3, -0.25) is 9.69 Å². The summed E-state index contributed by atoms with van der Waals surface area (Å²) in [5, 5.41) is 8.25. The number of nitrogens with one attached hydrogen (secondary N) is 2. The molecule has 2 rings (SSSR count). The van der Waals surface area contributed by atoms with Crippen LogP contribution in [0.25, 0.3) is 0 Å². The Bertz CT molecular complexity index is 372. The molecule has 1 aromatic heterocycles. The Kier molecular flexibility index (Phi) is 5.82. The predicted molar refractivity (Wildman–Crippen MR) is 79.3 cm³/mol. The lowest BCUT2D eigenvalue weighted by Gasteiger charge is -2.31. The first-order valence-electron chi connectivity index (χ1n) is 6.94. The largest absolute Gasteiger partial charge is 0.350 e. The van der Waals surface area contributed by atoms with Gasteiger partial charge in [-0.05, 0) is 56.9 Å². The third kappa shape index (κ3) is 4.93. The SMILES string of the molecule is CNCC1CCN(CC(=O)NCc2cccs2)CC1. The lowest BCUT2D eigenvalue weighted by Crippen LogP contribution is -2.42. The molecule has 19 heavy (non-hydrogen) atoms. The van der Waals surface area contributed by atoms with Gasteiger partial charge in [0.25, 0.3) is 0 Å². The molecule has 0 aromatic carbocycles. The van der Waals surface area contributed by atoms with Gasteiger partial charge in [-0.1, -0.05) is 6.07 Å². The Morgan fingerprint density at radius 2 is 2.26 bits per heavy atom. The quantitative estimate of drug-likeness (QED) is 0.826. The van der Waals surface area contributed by atoms with Crippen LogP contribution in [0, 0.1) is 5.92 Å². The van der Waals surface area contributed by atoms with E-state index in [1.54, 1.807) is 11.3 Å². The molecule has 0 atom stereocenters. The number of rotatable bonds is 6. The number of likely N-dealkylation sites (tertiary alicyclic amines) is 1. The van der Waals surface area contributed by atoms with Crippen molar-refractivity contribution >= 4 is 17.2 Å². The molecular formula is C14H23N3OS. The Morgan fingerprint density at radius 1 is 1.47 bits per heavy atom. The van der Waals surface area contributed by atoms with Crippen molar-refractivity contribution in [2.75, 3.05) is 33.2 Å². The molecule has 0 saturated carbocycles. The number of thiophene rings is 1. The second kappa shape index (κ2) is 7.62. The monoisotopic (exact) mass is 281 g/mol. The highest BCUT2D eigenvalue weighted by Gasteiger charge is 2.20.